The second-order valence-electron chi connectivity index (χ2n) is 4.27. The molecule has 0 atom stereocenters. The molecule has 0 fully saturated rings. The topological polar surface area (TPSA) is 35.5 Å². The van der Waals surface area contributed by atoms with E-state index in [9.17, 15) is 4.79 Å². The van der Waals surface area contributed by atoms with Crippen LogP contribution >= 0.6 is 0 Å². The predicted molar refractivity (Wildman–Crippen MR) is 71.9 cm³/mol. The Morgan fingerprint density at radius 1 is 1.22 bits per heavy atom. The molecule has 0 saturated carbocycles. The number of carbonyl (C=O) groups is 1. The average molecular weight is 248 g/mol. The molecule has 1 aromatic carbocycles. The lowest BCUT2D eigenvalue weighted by Crippen LogP contribution is -2.14. The first-order valence-corrected chi connectivity index (χ1v) is 6.01. The van der Waals surface area contributed by atoms with E-state index < -0.39 is 5.97 Å². The van der Waals surface area contributed by atoms with Gasteiger partial charge in [0.25, 0.3) is 0 Å². The molecule has 0 bridgehead atoms. The van der Waals surface area contributed by atoms with E-state index in [0.29, 0.717) is 12.2 Å². The van der Waals surface area contributed by atoms with Gasteiger partial charge in [-0.3, -0.25) is 0 Å². The third-order valence-corrected chi connectivity index (χ3v) is 2.83. The summed E-state index contributed by atoms with van der Waals surface area (Å²) in [4.78, 5) is 11.4. The van der Waals surface area contributed by atoms with Gasteiger partial charge in [-0.2, -0.15) is 0 Å². The molecule has 0 aromatic heterocycles. The molecule has 0 saturated heterocycles. The first kappa shape index (κ1) is 14.3. The van der Waals surface area contributed by atoms with Crippen molar-refractivity contribution in [3.05, 3.63) is 41.0 Å². The Hall–Kier alpha value is -1.77. The summed E-state index contributed by atoms with van der Waals surface area (Å²) in [5.41, 5.74) is 3.64. The highest BCUT2D eigenvalue weighted by atomic mass is 16.5. The maximum atomic E-state index is 11.4. The minimum Gasteiger partial charge on any atom is -0.488 e. The molecule has 98 valence electrons. The van der Waals surface area contributed by atoms with E-state index in [0.717, 1.165) is 22.4 Å². The summed E-state index contributed by atoms with van der Waals surface area (Å²) in [5, 5.41) is 0. The molecular weight excluding hydrogens is 228 g/mol. The van der Waals surface area contributed by atoms with Gasteiger partial charge in [-0.1, -0.05) is 18.7 Å². The van der Waals surface area contributed by atoms with Gasteiger partial charge in [0.2, 0.25) is 0 Å². The van der Waals surface area contributed by atoms with Gasteiger partial charge in [0, 0.05) is 0 Å². The zero-order valence-electron chi connectivity index (χ0n) is 11.5. The van der Waals surface area contributed by atoms with Crippen molar-refractivity contribution in [1.82, 2.24) is 0 Å². The van der Waals surface area contributed by atoms with E-state index in [1.807, 2.05) is 26.8 Å². The molecule has 0 spiro atoms. The van der Waals surface area contributed by atoms with Crippen LogP contribution in [0.1, 0.15) is 23.6 Å². The highest BCUT2D eigenvalue weighted by Crippen LogP contribution is 2.26. The maximum Gasteiger partial charge on any atom is 0.336 e. The zero-order chi connectivity index (χ0) is 13.7. The first-order valence-electron chi connectivity index (χ1n) is 6.01. The second kappa shape index (κ2) is 6.24. The van der Waals surface area contributed by atoms with Crippen molar-refractivity contribution in [2.45, 2.75) is 27.7 Å². The number of rotatable bonds is 5. The number of hydrogen-bond acceptors (Lipinski definition) is 3. The zero-order valence-corrected chi connectivity index (χ0v) is 11.5. The average Bonchev–Trinajstić information content (AvgIpc) is 2.34. The molecule has 0 heterocycles. The van der Waals surface area contributed by atoms with Crippen molar-refractivity contribution in [2.24, 2.45) is 0 Å². The lowest BCUT2D eigenvalue weighted by atomic mass is 10.1. The number of esters is 1. The molecular formula is C15H20O3. The molecule has 0 amide bonds. The first-order chi connectivity index (χ1) is 8.47. The van der Waals surface area contributed by atoms with Crippen LogP contribution in [0.15, 0.2) is 24.3 Å². The maximum absolute atomic E-state index is 11.4. The molecule has 0 unspecified atom stereocenters. The molecule has 18 heavy (non-hydrogen) atoms. The second-order valence-corrected chi connectivity index (χ2v) is 4.27. The summed E-state index contributed by atoms with van der Waals surface area (Å²) in [6, 6.07) is 4.06. The van der Waals surface area contributed by atoms with Crippen LogP contribution in [0.2, 0.25) is 0 Å². The highest BCUT2D eigenvalue weighted by molar-refractivity contribution is 5.88. The lowest BCUT2D eigenvalue weighted by Gasteiger charge is -2.14. The smallest absolute Gasteiger partial charge is 0.336 e. The fraction of sp³-hybridized carbons (Fsp3) is 0.400. The number of aryl methyl sites for hydroxylation is 2. The van der Waals surface area contributed by atoms with Gasteiger partial charge in [0.1, 0.15) is 12.4 Å². The van der Waals surface area contributed by atoms with Crippen molar-refractivity contribution in [3.8, 4) is 5.75 Å². The molecule has 0 aliphatic carbocycles. The van der Waals surface area contributed by atoms with Gasteiger partial charge in [-0.25, -0.2) is 4.79 Å². The Morgan fingerprint density at radius 3 is 2.44 bits per heavy atom. The van der Waals surface area contributed by atoms with Gasteiger partial charge in [-0.05, 0) is 44.4 Å². The van der Waals surface area contributed by atoms with Crippen LogP contribution < -0.4 is 4.74 Å². The predicted octanol–water partition coefficient (Wildman–Crippen LogP) is 3.11. The molecule has 0 aliphatic heterocycles. The highest BCUT2D eigenvalue weighted by Gasteiger charge is 2.11. The quantitative estimate of drug-likeness (QED) is 0.593. The summed E-state index contributed by atoms with van der Waals surface area (Å²) in [6.07, 6.45) is 0. The summed E-state index contributed by atoms with van der Waals surface area (Å²) in [6.45, 7) is 12.0. The molecule has 0 aliphatic rings. The van der Waals surface area contributed by atoms with Crippen molar-refractivity contribution >= 4 is 5.97 Å². The summed E-state index contributed by atoms with van der Waals surface area (Å²) >= 11 is 0. The van der Waals surface area contributed by atoms with Gasteiger partial charge in [-0.15, -0.1) is 0 Å². The number of ether oxygens (including phenoxy) is 2. The van der Waals surface area contributed by atoms with Crippen molar-refractivity contribution in [1.29, 1.82) is 0 Å². The molecule has 1 aromatic rings. The van der Waals surface area contributed by atoms with E-state index in [2.05, 4.69) is 12.6 Å². The Morgan fingerprint density at radius 2 is 1.83 bits per heavy atom. The molecule has 0 radical (unpaired) electrons. The number of hydrogen-bond donors (Lipinski definition) is 0. The Labute approximate surface area is 108 Å². The van der Waals surface area contributed by atoms with Crippen LogP contribution in [-0.2, 0) is 9.53 Å². The van der Waals surface area contributed by atoms with E-state index in [-0.39, 0.29) is 6.61 Å². The minimum atomic E-state index is -0.402. The molecule has 3 nitrogen and oxygen atoms in total. The molecule has 1 rings (SSSR count). The summed E-state index contributed by atoms with van der Waals surface area (Å²) in [5.74, 6) is 0.418. The van der Waals surface area contributed by atoms with Crippen molar-refractivity contribution < 1.29 is 14.3 Å². The van der Waals surface area contributed by atoms with Crippen molar-refractivity contribution in [3.63, 3.8) is 0 Å². The van der Waals surface area contributed by atoms with E-state index in [4.69, 9.17) is 9.47 Å². The van der Waals surface area contributed by atoms with Gasteiger partial charge in [0.05, 0.1) is 12.2 Å². The Kier molecular flexibility index (Phi) is 4.95. The Balaban J connectivity index is 2.72. The normalized spacial score (nSPS) is 10.0. The standard InChI is InChI=1S/C15H20O3/c1-6-17-15(16)12(4)9-18-14-11(3)8-7-10(2)13(14)5/h7-8H,4,6,9H2,1-3,5H3. The largest absolute Gasteiger partial charge is 0.488 e. The van der Waals surface area contributed by atoms with Crippen LogP contribution in [0, 0.1) is 20.8 Å². The fourth-order valence-corrected chi connectivity index (χ4v) is 1.60. The van der Waals surface area contributed by atoms with Crippen LogP contribution in [0.3, 0.4) is 0 Å². The summed E-state index contributed by atoms with van der Waals surface area (Å²) in [7, 11) is 0. The minimum absolute atomic E-state index is 0.157. The third-order valence-electron chi connectivity index (χ3n) is 2.83. The summed E-state index contributed by atoms with van der Waals surface area (Å²) < 4.78 is 10.5. The van der Waals surface area contributed by atoms with Crippen LogP contribution in [-0.4, -0.2) is 19.2 Å². The SMILES string of the molecule is C=C(COc1c(C)ccc(C)c1C)C(=O)OCC. The molecule has 3 heteroatoms. The number of carbonyl (C=O) groups excluding carboxylic acids is 1. The van der Waals surface area contributed by atoms with Crippen molar-refractivity contribution in [2.75, 3.05) is 13.2 Å². The van der Waals surface area contributed by atoms with Gasteiger partial charge >= 0.3 is 5.97 Å². The molecule has 0 N–H and O–H groups in total. The van der Waals surface area contributed by atoms with Crippen LogP contribution in [0.25, 0.3) is 0 Å². The fourth-order valence-electron chi connectivity index (χ4n) is 1.60. The van der Waals surface area contributed by atoms with E-state index >= 15 is 0 Å². The lowest BCUT2D eigenvalue weighted by molar-refractivity contribution is -0.138. The van der Waals surface area contributed by atoms with Gasteiger partial charge in [0.15, 0.2) is 0 Å². The van der Waals surface area contributed by atoms with E-state index in [1.165, 1.54) is 0 Å². The number of benzene rings is 1. The third kappa shape index (κ3) is 3.36. The van der Waals surface area contributed by atoms with Crippen LogP contribution in [0.5, 0.6) is 5.75 Å². The van der Waals surface area contributed by atoms with Gasteiger partial charge < -0.3 is 9.47 Å². The monoisotopic (exact) mass is 248 g/mol. The Bertz CT molecular complexity index is 461. The van der Waals surface area contributed by atoms with E-state index in [1.54, 1.807) is 6.92 Å². The van der Waals surface area contributed by atoms with Crippen LogP contribution in [0.4, 0.5) is 0 Å².